The summed E-state index contributed by atoms with van der Waals surface area (Å²) in [5, 5.41) is 2.61. The third kappa shape index (κ3) is 6.28. The standard InChI is InChI=1S/C23H24F6N2O3/c1-30(33-2)21(32)19-8-9-31(13-20(19)16-6-4-3-5-7-16)34-14-15-10-17(22(24,25)26)12-18(11-15)23(27,28)29/h3-7,10-12,19-20H,8-9,13-14H2,1-2H3. The van der Waals surface area contributed by atoms with Crippen LogP contribution < -0.4 is 0 Å². The molecule has 11 heteroatoms. The van der Waals surface area contributed by atoms with Gasteiger partial charge in [0.2, 0.25) is 5.91 Å². The Balaban J connectivity index is 1.79. The number of hydrogen-bond acceptors (Lipinski definition) is 4. The fraction of sp³-hybridized carbons (Fsp3) is 0.435. The predicted molar refractivity (Wildman–Crippen MR) is 110 cm³/mol. The second-order valence-electron chi connectivity index (χ2n) is 8.01. The molecule has 2 aromatic carbocycles. The lowest BCUT2D eigenvalue weighted by molar-refractivity contribution is -0.199. The quantitative estimate of drug-likeness (QED) is 0.408. The van der Waals surface area contributed by atoms with Crippen LogP contribution in [0.5, 0.6) is 0 Å². The molecule has 2 aromatic rings. The van der Waals surface area contributed by atoms with Gasteiger partial charge in [-0.25, -0.2) is 5.06 Å². The van der Waals surface area contributed by atoms with E-state index in [1.54, 1.807) is 0 Å². The van der Waals surface area contributed by atoms with Crippen LogP contribution in [0.15, 0.2) is 48.5 Å². The van der Waals surface area contributed by atoms with E-state index in [0.717, 1.165) is 10.6 Å². The lowest BCUT2D eigenvalue weighted by atomic mass is 9.80. The fourth-order valence-electron chi connectivity index (χ4n) is 3.96. The highest BCUT2D eigenvalue weighted by molar-refractivity contribution is 5.79. The first-order valence-corrected chi connectivity index (χ1v) is 10.4. The lowest BCUT2D eigenvalue weighted by Gasteiger charge is -2.38. The van der Waals surface area contributed by atoms with E-state index in [9.17, 15) is 31.1 Å². The Kier molecular flexibility index (Phi) is 7.89. The number of amides is 1. The molecule has 0 radical (unpaired) electrons. The van der Waals surface area contributed by atoms with Gasteiger partial charge in [-0.05, 0) is 35.7 Å². The van der Waals surface area contributed by atoms with Gasteiger partial charge in [-0.2, -0.15) is 31.4 Å². The molecule has 0 N–H and O–H groups in total. The molecule has 5 nitrogen and oxygen atoms in total. The van der Waals surface area contributed by atoms with Crippen molar-refractivity contribution in [3.8, 4) is 0 Å². The minimum absolute atomic E-state index is 0.0817. The highest BCUT2D eigenvalue weighted by Crippen LogP contribution is 2.37. The first kappa shape index (κ1) is 26.0. The van der Waals surface area contributed by atoms with E-state index >= 15 is 0 Å². The van der Waals surface area contributed by atoms with Gasteiger partial charge in [0.1, 0.15) is 0 Å². The van der Waals surface area contributed by atoms with Crippen molar-refractivity contribution < 1.29 is 40.8 Å². The molecule has 0 aliphatic carbocycles. The van der Waals surface area contributed by atoms with Gasteiger partial charge in [0.05, 0.1) is 24.8 Å². The summed E-state index contributed by atoms with van der Waals surface area (Å²) >= 11 is 0. The molecule has 0 aromatic heterocycles. The summed E-state index contributed by atoms with van der Waals surface area (Å²) in [6.07, 6.45) is -9.50. The number of carbonyl (C=O) groups is 1. The Morgan fingerprint density at radius 1 is 1.03 bits per heavy atom. The van der Waals surface area contributed by atoms with Crippen molar-refractivity contribution in [2.45, 2.75) is 31.3 Å². The zero-order valence-electron chi connectivity index (χ0n) is 18.5. The molecule has 0 bridgehead atoms. The van der Waals surface area contributed by atoms with Gasteiger partial charge in [-0.1, -0.05) is 30.3 Å². The number of rotatable bonds is 6. The molecule has 2 unspecified atom stereocenters. The molecular formula is C23H24F6N2O3. The number of hydroxylamine groups is 4. The van der Waals surface area contributed by atoms with Crippen LogP contribution in [-0.4, -0.2) is 43.3 Å². The van der Waals surface area contributed by atoms with Crippen molar-refractivity contribution in [2.75, 3.05) is 27.2 Å². The third-order valence-corrected chi connectivity index (χ3v) is 5.77. The third-order valence-electron chi connectivity index (χ3n) is 5.77. The molecule has 3 rings (SSSR count). The van der Waals surface area contributed by atoms with E-state index in [4.69, 9.17) is 9.68 Å². The van der Waals surface area contributed by atoms with Crippen LogP contribution in [0, 0.1) is 5.92 Å². The number of hydrogen-bond donors (Lipinski definition) is 0. The average molecular weight is 490 g/mol. The van der Waals surface area contributed by atoms with E-state index in [1.807, 2.05) is 30.3 Å². The van der Waals surface area contributed by atoms with Crippen molar-refractivity contribution in [1.29, 1.82) is 0 Å². The summed E-state index contributed by atoms with van der Waals surface area (Å²) in [5.41, 5.74) is -2.18. The number of nitrogens with zero attached hydrogens (tertiary/aromatic N) is 2. The van der Waals surface area contributed by atoms with Gasteiger partial charge in [0.25, 0.3) is 0 Å². The first-order chi connectivity index (χ1) is 15.9. The molecule has 34 heavy (non-hydrogen) atoms. The largest absolute Gasteiger partial charge is 0.416 e. The number of alkyl halides is 6. The minimum Gasteiger partial charge on any atom is -0.294 e. The maximum Gasteiger partial charge on any atom is 0.416 e. The summed E-state index contributed by atoms with van der Waals surface area (Å²) in [7, 11) is 2.87. The van der Waals surface area contributed by atoms with E-state index in [0.29, 0.717) is 18.6 Å². The fourth-order valence-corrected chi connectivity index (χ4v) is 3.96. The first-order valence-electron chi connectivity index (χ1n) is 10.4. The van der Waals surface area contributed by atoms with E-state index in [1.165, 1.54) is 19.2 Å². The van der Waals surface area contributed by atoms with E-state index in [2.05, 4.69) is 0 Å². The zero-order chi connectivity index (χ0) is 25.1. The smallest absolute Gasteiger partial charge is 0.294 e. The van der Waals surface area contributed by atoms with Crippen molar-refractivity contribution >= 4 is 5.91 Å². The molecule has 0 saturated carbocycles. The maximum atomic E-state index is 13.1. The normalized spacial score (nSPS) is 19.8. The Labute approximate surface area is 192 Å². The maximum absolute atomic E-state index is 13.1. The molecular weight excluding hydrogens is 466 g/mol. The molecule has 1 saturated heterocycles. The van der Waals surface area contributed by atoms with Crippen LogP contribution in [0.3, 0.4) is 0 Å². The Hall–Kier alpha value is -2.63. The van der Waals surface area contributed by atoms with Crippen molar-refractivity contribution in [2.24, 2.45) is 5.92 Å². The Morgan fingerprint density at radius 3 is 2.15 bits per heavy atom. The van der Waals surface area contributed by atoms with E-state index < -0.39 is 36.0 Å². The van der Waals surface area contributed by atoms with Crippen LogP contribution in [0.25, 0.3) is 0 Å². The van der Waals surface area contributed by atoms with Crippen LogP contribution in [-0.2, 0) is 33.4 Å². The van der Waals surface area contributed by atoms with Crippen LogP contribution in [0.4, 0.5) is 26.3 Å². The van der Waals surface area contributed by atoms with Gasteiger partial charge >= 0.3 is 12.4 Å². The van der Waals surface area contributed by atoms with Crippen molar-refractivity contribution in [3.63, 3.8) is 0 Å². The van der Waals surface area contributed by atoms with Crippen LogP contribution in [0.2, 0.25) is 0 Å². The summed E-state index contributed by atoms with van der Waals surface area (Å²) in [6, 6.07) is 10.5. The highest BCUT2D eigenvalue weighted by atomic mass is 19.4. The van der Waals surface area contributed by atoms with Crippen LogP contribution >= 0.6 is 0 Å². The lowest BCUT2D eigenvalue weighted by Crippen LogP contribution is -2.45. The molecule has 186 valence electrons. The highest BCUT2D eigenvalue weighted by Gasteiger charge is 2.39. The summed E-state index contributed by atoms with van der Waals surface area (Å²) < 4.78 is 78.7. The Morgan fingerprint density at radius 2 is 1.62 bits per heavy atom. The summed E-state index contributed by atoms with van der Waals surface area (Å²) in [5.74, 6) is -0.978. The van der Waals surface area contributed by atoms with Gasteiger partial charge in [0, 0.05) is 32.0 Å². The molecule has 0 spiro atoms. The molecule has 1 heterocycles. The Bertz CT molecular complexity index is 949. The second-order valence-corrected chi connectivity index (χ2v) is 8.01. The van der Waals surface area contributed by atoms with Crippen molar-refractivity contribution in [3.05, 3.63) is 70.8 Å². The molecule has 2 atom stereocenters. The van der Waals surface area contributed by atoms with E-state index in [-0.39, 0.29) is 36.5 Å². The SMILES string of the molecule is CON(C)C(=O)C1CCN(OCc2cc(C(F)(F)F)cc(C(F)(F)F)c2)CC1c1ccccc1. The van der Waals surface area contributed by atoms with Gasteiger partial charge in [-0.3, -0.25) is 14.5 Å². The monoisotopic (exact) mass is 490 g/mol. The molecule has 1 aliphatic rings. The number of benzene rings is 2. The average Bonchev–Trinajstić information content (AvgIpc) is 2.81. The number of halogens is 6. The topological polar surface area (TPSA) is 42.0 Å². The van der Waals surface area contributed by atoms with Gasteiger partial charge in [-0.15, -0.1) is 0 Å². The summed E-state index contributed by atoms with van der Waals surface area (Å²) in [6.45, 7) is 0.0105. The minimum atomic E-state index is -4.93. The van der Waals surface area contributed by atoms with Crippen molar-refractivity contribution in [1.82, 2.24) is 10.1 Å². The molecule has 1 fully saturated rings. The van der Waals surface area contributed by atoms with Gasteiger partial charge in [0.15, 0.2) is 0 Å². The van der Waals surface area contributed by atoms with Gasteiger partial charge < -0.3 is 0 Å². The predicted octanol–water partition coefficient (Wildman–Crippen LogP) is 5.28. The zero-order valence-corrected chi connectivity index (χ0v) is 18.5. The molecule has 1 aliphatic heterocycles. The molecule has 1 amide bonds. The number of piperidine rings is 1. The van der Waals surface area contributed by atoms with Crippen LogP contribution in [0.1, 0.15) is 34.6 Å². The summed E-state index contributed by atoms with van der Waals surface area (Å²) in [4.78, 5) is 23.4. The number of carbonyl (C=O) groups excluding carboxylic acids is 1. The second kappa shape index (κ2) is 10.3.